The second-order valence-electron chi connectivity index (χ2n) is 8.98. The zero-order valence-electron chi connectivity index (χ0n) is 14.9. The molecule has 3 fully saturated rings. The highest BCUT2D eigenvalue weighted by molar-refractivity contribution is 4.97. The van der Waals surface area contributed by atoms with E-state index in [1.165, 1.54) is 0 Å². The van der Waals surface area contributed by atoms with Gasteiger partial charge in [0.1, 0.15) is 24.7 Å². The molecule has 3 aliphatic rings. The van der Waals surface area contributed by atoms with Crippen LogP contribution < -0.4 is 0 Å². The second-order valence-corrected chi connectivity index (χ2v) is 8.98. The molecule has 4 unspecified atom stereocenters. The van der Waals surface area contributed by atoms with E-state index in [0.717, 1.165) is 31.6 Å². The van der Waals surface area contributed by atoms with Crippen LogP contribution in [0.1, 0.15) is 65.2 Å². The van der Waals surface area contributed by atoms with Crippen molar-refractivity contribution in [3.8, 4) is 0 Å². The molecule has 4 atom stereocenters. The Morgan fingerprint density at radius 2 is 1.00 bits per heavy atom. The van der Waals surface area contributed by atoms with Crippen molar-refractivity contribution in [3.63, 3.8) is 0 Å². The van der Waals surface area contributed by atoms with Crippen molar-refractivity contribution in [3.05, 3.63) is 0 Å². The van der Waals surface area contributed by atoms with Crippen molar-refractivity contribution in [2.75, 3.05) is 0 Å². The lowest BCUT2D eigenvalue weighted by Crippen LogP contribution is -2.46. The summed E-state index contributed by atoms with van der Waals surface area (Å²) in [5, 5.41) is 0. The van der Waals surface area contributed by atoms with E-state index in [1.807, 2.05) is 0 Å². The van der Waals surface area contributed by atoms with Crippen molar-refractivity contribution < 1.29 is 17.6 Å². The molecule has 140 valence electrons. The molecule has 24 heavy (non-hydrogen) atoms. The number of halogens is 4. The van der Waals surface area contributed by atoms with E-state index in [-0.39, 0.29) is 18.8 Å². The third-order valence-corrected chi connectivity index (χ3v) is 7.36. The van der Waals surface area contributed by atoms with Gasteiger partial charge < -0.3 is 0 Å². The Morgan fingerprint density at radius 1 is 0.542 bits per heavy atom. The highest BCUT2D eigenvalue weighted by atomic mass is 19.2. The first-order chi connectivity index (χ1) is 11.4. The molecule has 0 heterocycles. The van der Waals surface area contributed by atoms with E-state index in [2.05, 4.69) is 6.92 Å². The zero-order chi connectivity index (χ0) is 17.4. The van der Waals surface area contributed by atoms with Gasteiger partial charge in [0.05, 0.1) is 0 Å². The summed E-state index contributed by atoms with van der Waals surface area (Å²) in [4.78, 5) is 0. The summed E-state index contributed by atoms with van der Waals surface area (Å²) in [6.45, 7) is 3.81. The fraction of sp³-hybridized carbons (Fsp3) is 1.00. The van der Waals surface area contributed by atoms with Crippen LogP contribution >= 0.6 is 0 Å². The van der Waals surface area contributed by atoms with Gasteiger partial charge in [-0.15, -0.1) is 0 Å². The van der Waals surface area contributed by atoms with Crippen molar-refractivity contribution in [1.82, 2.24) is 0 Å². The van der Waals surface area contributed by atoms with Gasteiger partial charge in [0, 0.05) is 11.8 Å². The minimum absolute atomic E-state index is 0.114. The molecular formula is C20H32F4. The minimum atomic E-state index is -1.27. The number of rotatable bonds is 2. The van der Waals surface area contributed by atoms with Gasteiger partial charge in [-0.3, -0.25) is 0 Å². The Balaban J connectivity index is 1.61. The van der Waals surface area contributed by atoms with Gasteiger partial charge in [-0.2, -0.15) is 0 Å². The molecule has 0 nitrogen and oxygen atoms in total. The molecule has 0 amide bonds. The SMILES string of the molecule is CC1CCC(C2CC(F)C(C3CC(F)C(C)C(F)C3)C(F)C2)CC1. The molecule has 0 spiro atoms. The fourth-order valence-electron chi connectivity index (χ4n) is 5.59. The average Bonchev–Trinajstić information content (AvgIpc) is 2.52. The average molecular weight is 348 g/mol. The highest BCUT2D eigenvalue weighted by Crippen LogP contribution is 2.48. The van der Waals surface area contributed by atoms with Crippen molar-refractivity contribution in [2.45, 2.75) is 89.9 Å². The lowest BCUT2D eigenvalue weighted by atomic mass is 9.63. The maximum Gasteiger partial charge on any atom is 0.106 e. The largest absolute Gasteiger partial charge is 0.247 e. The van der Waals surface area contributed by atoms with Crippen molar-refractivity contribution in [2.24, 2.45) is 35.5 Å². The van der Waals surface area contributed by atoms with Crippen LogP contribution in [0.3, 0.4) is 0 Å². The molecule has 3 rings (SSSR count). The lowest BCUT2D eigenvalue weighted by molar-refractivity contribution is -0.0503. The number of hydrogen-bond donors (Lipinski definition) is 0. The summed E-state index contributed by atoms with van der Waals surface area (Å²) in [7, 11) is 0. The first-order valence-electron chi connectivity index (χ1n) is 9.93. The molecule has 4 heteroatoms. The summed E-state index contributed by atoms with van der Waals surface area (Å²) in [6.07, 6.45) is 0.494. The molecular weight excluding hydrogens is 316 g/mol. The van der Waals surface area contributed by atoms with Crippen LogP contribution in [0.25, 0.3) is 0 Å². The first kappa shape index (κ1) is 18.5. The summed E-state index contributed by atoms with van der Waals surface area (Å²) in [5.41, 5.74) is 0. The van der Waals surface area contributed by atoms with Crippen LogP contribution in [-0.4, -0.2) is 24.7 Å². The molecule has 0 aromatic heterocycles. The van der Waals surface area contributed by atoms with E-state index in [0.29, 0.717) is 18.8 Å². The predicted molar refractivity (Wildman–Crippen MR) is 88.8 cm³/mol. The van der Waals surface area contributed by atoms with Gasteiger partial charge >= 0.3 is 0 Å². The molecule has 0 saturated heterocycles. The van der Waals surface area contributed by atoms with Crippen LogP contribution in [0.4, 0.5) is 17.6 Å². The van der Waals surface area contributed by atoms with Crippen molar-refractivity contribution >= 4 is 0 Å². The van der Waals surface area contributed by atoms with Crippen molar-refractivity contribution in [1.29, 1.82) is 0 Å². The van der Waals surface area contributed by atoms with E-state index >= 15 is 0 Å². The van der Waals surface area contributed by atoms with Crippen LogP contribution in [-0.2, 0) is 0 Å². The van der Waals surface area contributed by atoms with Crippen LogP contribution in [0.5, 0.6) is 0 Å². The van der Waals surface area contributed by atoms with E-state index in [9.17, 15) is 17.6 Å². The van der Waals surface area contributed by atoms with Gasteiger partial charge in [0.25, 0.3) is 0 Å². The smallest absolute Gasteiger partial charge is 0.106 e. The molecule has 3 saturated carbocycles. The highest BCUT2D eigenvalue weighted by Gasteiger charge is 2.48. The third-order valence-electron chi connectivity index (χ3n) is 7.36. The Hall–Kier alpha value is -0.280. The standard InChI is InChI=1S/C20H32F4/c1-11-3-5-13(6-4-11)14-7-18(23)20(19(24)8-14)15-9-16(21)12(2)17(22)10-15/h11-20H,3-10H2,1-2H3. The Morgan fingerprint density at radius 3 is 1.50 bits per heavy atom. The van der Waals surface area contributed by atoms with Gasteiger partial charge in [-0.05, 0) is 62.2 Å². The molecule has 0 N–H and O–H groups in total. The summed E-state index contributed by atoms with van der Waals surface area (Å²) in [6, 6.07) is 0. The molecule has 3 aliphatic carbocycles. The minimum Gasteiger partial charge on any atom is -0.247 e. The fourth-order valence-corrected chi connectivity index (χ4v) is 5.59. The maximum atomic E-state index is 14.8. The van der Waals surface area contributed by atoms with Gasteiger partial charge in [0.15, 0.2) is 0 Å². The molecule has 0 radical (unpaired) electrons. The number of alkyl halides is 4. The molecule has 0 aromatic carbocycles. The topological polar surface area (TPSA) is 0 Å². The first-order valence-corrected chi connectivity index (χ1v) is 9.93. The second kappa shape index (κ2) is 7.53. The number of hydrogen-bond acceptors (Lipinski definition) is 0. The molecule has 0 aromatic rings. The zero-order valence-corrected chi connectivity index (χ0v) is 14.9. The maximum absolute atomic E-state index is 14.8. The Bertz CT molecular complexity index is 382. The van der Waals surface area contributed by atoms with Crippen LogP contribution in [0, 0.1) is 35.5 Å². The Labute approximate surface area is 143 Å². The van der Waals surface area contributed by atoms with Crippen LogP contribution in [0.15, 0.2) is 0 Å². The summed E-state index contributed by atoms with van der Waals surface area (Å²) >= 11 is 0. The Kier molecular flexibility index (Phi) is 5.81. The van der Waals surface area contributed by atoms with E-state index in [1.54, 1.807) is 6.92 Å². The molecule has 0 aliphatic heterocycles. The summed E-state index contributed by atoms with van der Waals surface area (Å²) in [5.74, 6) is -0.641. The van der Waals surface area contributed by atoms with Gasteiger partial charge in [-0.25, -0.2) is 17.6 Å². The quantitative estimate of drug-likeness (QED) is 0.518. The lowest BCUT2D eigenvalue weighted by Gasteiger charge is -2.45. The van der Waals surface area contributed by atoms with Crippen LogP contribution in [0.2, 0.25) is 0 Å². The van der Waals surface area contributed by atoms with E-state index in [4.69, 9.17) is 0 Å². The normalized spacial score (nSPS) is 53.8. The third kappa shape index (κ3) is 3.77. The predicted octanol–water partition coefficient (Wildman–Crippen LogP) is 6.24. The van der Waals surface area contributed by atoms with Gasteiger partial charge in [-0.1, -0.05) is 26.7 Å². The van der Waals surface area contributed by atoms with E-state index < -0.39 is 42.4 Å². The summed E-state index contributed by atoms with van der Waals surface area (Å²) < 4.78 is 57.7. The molecule has 0 bridgehead atoms. The van der Waals surface area contributed by atoms with Gasteiger partial charge in [0.2, 0.25) is 0 Å². The monoisotopic (exact) mass is 348 g/mol.